The Morgan fingerprint density at radius 1 is 0.958 bits per heavy atom. The molecule has 0 spiro atoms. The fourth-order valence-corrected chi connectivity index (χ4v) is 9.61. The number of benzene rings is 1. The summed E-state index contributed by atoms with van der Waals surface area (Å²) in [6.45, 7) is 28.3. The molecule has 0 saturated heterocycles. The molecular formula is C54H79BBrCl4NO9Si. The van der Waals surface area contributed by atoms with Crippen molar-refractivity contribution >= 4 is 89.0 Å². The van der Waals surface area contributed by atoms with Crippen LogP contribution < -0.4 is 0 Å². The molecule has 0 bridgehead atoms. The smallest absolute Gasteiger partial charge is 0.464 e. The Morgan fingerprint density at radius 3 is 2.07 bits per heavy atom. The van der Waals surface area contributed by atoms with Gasteiger partial charge in [0.2, 0.25) is 0 Å². The van der Waals surface area contributed by atoms with Crippen molar-refractivity contribution in [1.29, 1.82) is 0 Å². The molecule has 71 heavy (non-hydrogen) atoms. The number of hydrogen-bond acceptors (Lipinski definition) is 10. The van der Waals surface area contributed by atoms with E-state index >= 15 is 0 Å². The number of ether oxygens (including phenoxy) is 2. The van der Waals surface area contributed by atoms with Crippen LogP contribution in [-0.2, 0) is 25.0 Å². The molecule has 2 aromatic rings. The van der Waals surface area contributed by atoms with Crippen LogP contribution in [0.4, 0.5) is 0 Å². The summed E-state index contributed by atoms with van der Waals surface area (Å²) in [6.07, 6.45) is 28.8. The lowest BCUT2D eigenvalue weighted by molar-refractivity contribution is -0.0181. The highest BCUT2D eigenvalue weighted by molar-refractivity contribution is 9.11. The maximum atomic E-state index is 11.2. The van der Waals surface area contributed by atoms with Gasteiger partial charge in [-0.05, 0) is 110 Å². The first-order chi connectivity index (χ1) is 33.1. The van der Waals surface area contributed by atoms with Gasteiger partial charge in [-0.3, -0.25) is 4.79 Å². The highest BCUT2D eigenvalue weighted by atomic mass is 79.9. The molecule has 17 heteroatoms. The zero-order valence-corrected chi connectivity index (χ0v) is 50.0. The van der Waals surface area contributed by atoms with Gasteiger partial charge in [-0.15, -0.1) is 0 Å². The lowest BCUT2D eigenvalue weighted by atomic mass is 9.71. The highest BCUT2D eigenvalue weighted by Crippen LogP contribution is 2.43. The van der Waals surface area contributed by atoms with E-state index in [0.29, 0.717) is 41.5 Å². The normalized spacial score (nSPS) is 19.4. The molecule has 2 heterocycles. The van der Waals surface area contributed by atoms with Crippen LogP contribution in [0, 0.1) is 28.6 Å². The summed E-state index contributed by atoms with van der Waals surface area (Å²) in [5.41, 5.74) is -0.0484. The second kappa shape index (κ2) is 32.0. The van der Waals surface area contributed by atoms with Gasteiger partial charge in [-0.1, -0.05) is 185 Å². The number of aromatic nitrogens is 1. The summed E-state index contributed by atoms with van der Waals surface area (Å²) >= 11 is 25.3. The molecule has 2 aliphatic rings. The predicted octanol–water partition coefficient (Wildman–Crippen LogP) is 15.6. The maximum absolute atomic E-state index is 11.2. The van der Waals surface area contributed by atoms with Gasteiger partial charge in [0.25, 0.3) is 5.24 Å². The van der Waals surface area contributed by atoms with Crippen molar-refractivity contribution in [2.75, 3.05) is 14.2 Å². The first kappa shape index (κ1) is 66.5. The number of hydrogen-bond donors (Lipinski definition) is 2. The van der Waals surface area contributed by atoms with Crippen molar-refractivity contribution < 1.29 is 42.7 Å². The van der Waals surface area contributed by atoms with E-state index in [1.807, 2.05) is 44.2 Å². The third-order valence-corrected chi connectivity index (χ3v) is 18.8. The summed E-state index contributed by atoms with van der Waals surface area (Å²) < 4.78 is 27.2. The van der Waals surface area contributed by atoms with Gasteiger partial charge in [0, 0.05) is 17.5 Å². The summed E-state index contributed by atoms with van der Waals surface area (Å²) in [5, 5.41) is 20.5. The third kappa shape index (κ3) is 22.9. The van der Waals surface area contributed by atoms with Gasteiger partial charge >= 0.3 is 13.1 Å². The monoisotopic (exact) mass is 1140 g/mol. The Morgan fingerprint density at radius 2 is 1.56 bits per heavy atom. The van der Waals surface area contributed by atoms with Crippen molar-refractivity contribution in [3.63, 3.8) is 0 Å². The van der Waals surface area contributed by atoms with Crippen LogP contribution in [0.3, 0.4) is 0 Å². The quantitative estimate of drug-likeness (QED) is 0.0460. The molecule has 2 N–H and O–H groups in total. The number of esters is 1. The highest BCUT2D eigenvalue weighted by Gasteiger charge is 2.44. The first-order valence-corrected chi connectivity index (χ1v) is 29.2. The fourth-order valence-electron chi connectivity index (χ4n) is 6.77. The van der Waals surface area contributed by atoms with Gasteiger partial charge in [-0.2, -0.15) is 0 Å². The molecule has 1 aromatic heterocycles. The molecule has 396 valence electrons. The zero-order valence-electron chi connectivity index (χ0n) is 44.4. The average molecular weight is 1150 g/mol. The minimum atomic E-state index is -1.91. The van der Waals surface area contributed by atoms with Crippen LogP contribution in [0.25, 0.3) is 0 Å². The van der Waals surface area contributed by atoms with E-state index in [1.54, 1.807) is 18.1 Å². The van der Waals surface area contributed by atoms with Crippen LogP contribution in [0.5, 0.6) is 0 Å². The largest absolute Gasteiger partial charge is 0.483 e. The second-order valence-electron chi connectivity index (χ2n) is 20.0. The summed E-state index contributed by atoms with van der Waals surface area (Å²) in [7, 11) is 0.248. The van der Waals surface area contributed by atoms with Gasteiger partial charge in [0.1, 0.15) is 6.26 Å². The number of aliphatic hydroxyl groups is 1. The Hall–Kier alpha value is -2.53. The van der Waals surface area contributed by atoms with E-state index in [-0.39, 0.29) is 55.5 Å². The van der Waals surface area contributed by atoms with E-state index < -0.39 is 32.8 Å². The maximum Gasteiger partial charge on any atom is 0.483 e. The van der Waals surface area contributed by atoms with E-state index in [0.717, 1.165) is 6.42 Å². The van der Waals surface area contributed by atoms with Crippen LogP contribution >= 0.6 is 62.3 Å². The number of carbonyl (C=O) groups is 2. The molecule has 1 fully saturated rings. The predicted molar refractivity (Wildman–Crippen MR) is 302 cm³/mol. The van der Waals surface area contributed by atoms with Gasteiger partial charge in [0.05, 0.1) is 53.6 Å². The number of nitrogens with zero attached hydrogens (tertiary/aromatic N) is 1. The van der Waals surface area contributed by atoms with E-state index in [9.17, 15) is 19.7 Å². The summed E-state index contributed by atoms with van der Waals surface area (Å²) in [6, 6.07) is 2.81. The van der Waals surface area contributed by atoms with Crippen LogP contribution in [0.2, 0.25) is 33.2 Å². The van der Waals surface area contributed by atoms with E-state index in [2.05, 4.69) is 144 Å². The lowest BCUT2D eigenvalue weighted by Crippen LogP contribution is -2.50. The fraction of sp³-hybridized carbons (Fsp3) is 0.537. The number of methoxy groups -OCH3 is 2. The molecule has 1 aliphatic heterocycles. The molecule has 0 amide bonds. The van der Waals surface area contributed by atoms with Gasteiger partial charge < -0.3 is 33.1 Å². The Balaban J connectivity index is 0.000000493. The van der Waals surface area contributed by atoms with Crippen molar-refractivity contribution in [1.82, 2.24) is 4.98 Å². The number of allylic oxidation sites excluding steroid dienone is 8. The molecule has 1 saturated carbocycles. The van der Waals surface area contributed by atoms with Crippen molar-refractivity contribution in [2.24, 2.45) is 28.6 Å². The number of carbonyl (C=O) groups excluding carboxylic acids is 2. The number of halogens is 5. The van der Waals surface area contributed by atoms with Crippen molar-refractivity contribution in [3.05, 3.63) is 134 Å². The van der Waals surface area contributed by atoms with E-state index in [4.69, 9.17) is 64.6 Å². The zero-order chi connectivity index (χ0) is 54.3. The number of oxazole rings is 1. The molecule has 1 aliphatic carbocycles. The standard InChI is InChI=1S/C23H42O2Si.C12H21BO2.C12H14BrNO4.C7H2Cl4O/c1-10-13-18-17-19(18)15-12-16-20(24)23(6,7)21(14-11-2)25-26(8,9)22(3,4)5;1-5-7-10(2)12(3,4)11-8-6-9-13(14)15-11;1-16-9(5-3-4-6-13)7-11-14-10(8-18-11)12(15)17-2;8-3-1-4(9)6(7(11)12)5(10)2-3/h10-15,18-21,24H,16-17H2,1-9H3;5-7,9-11,14H,8H2,1-4H3;3-6,8-9H,7H2,1-2H3;1-2H/b13-10+,14-11+,15-12-;7-5+;5-3+,6-4-;/t18-,19+,20+,21+;10-,11-;9-;/m100./s1. The Kier molecular flexibility index (Phi) is 30.0. The average Bonchev–Trinajstić information content (AvgIpc) is 3.85. The molecule has 7 atom stereocenters. The van der Waals surface area contributed by atoms with Crippen LogP contribution in [-0.4, -0.2) is 80.4 Å². The lowest BCUT2D eigenvalue weighted by Gasteiger charge is -2.44. The van der Waals surface area contributed by atoms with Crippen molar-refractivity contribution in [3.8, 4) is 0 Å². The minimum absolute atomic E-state index is 0.0399. The Bertz CT molecular complexity index is 2140. The topological polar surface area (TPSA) is 138 Å². The molecule has 0 unspecified atom stereocenters. The molecule has 1 aromatic carbocycles. The molecule has 0 radical (unpaired) electrons. The number of rotatable bonds is 19. The molecular weight excluding hydrogens is 1070 g/mol. The van der Waals surface area contributed by atoms with Crippen LogP contribution in [0.1, 0.15) is 122 Å². The molecule has 10 nitrogen and oxygen atoms in total. The summed E-state index contributed by atoms with van der Waals surface area (Å²) in [5.74, 6) is 3.42. The van der Waals surface area contributed by atoms with Crippen LogP contribution in [0.15, 0.2) is 107 Å². The third-order valence-electron chi connectivity index (χ3n) is 13.0. The van der Waals surface area contributed by atoms with Crippen molar-refractivity contribution in [2.45, 2.75) is 144 Å². The minimum Gasteiger partial charge on any atom is -0.464 e. The van der Waals surface area contributed by atoms with Gasteiger partial charge in [-0.25, -0.2) is 9.78 Å². The second-order valence-corrected chi connectivity index (χ2v) is 26.9. The van der Waals surface area contributed by atoms with Gasteiger partial charge in [0.15, 0.2) is 19.9 Å². The SMILES string of the molecule is C/C=C/[C@@H]1C[C@@H]1/C=C\C[C@H](O)C(C)(C)[C@H](/C=C/C)O[Si](C)(C)C(C)(C)C.C/C=C/[C@H](C)C(C)(C)[C@@H]1CC=CB(O)O1.COC(=O)c1coc(C[C@H](/C=C/C=C\Br)OC)n1.O=C(Cl)c1c(Cl)cc(Cl)cc1Cl. The summed E-state index contributed by atoms with van der Waals surface area (Å²) in [4.78, 5) is 27.7. The Labute approximate surface area is 455 Å². The molecule has 4 rings (SSSR count). The van der Waals surface area contributed by atoms with E-state index in [1.165, 1.54) is 31.9 Å². The first-order valence-electron chi connectivity index (χ1n) is 23.8. The number of aliphatic hydroxyl groups excluding tert-OH is 1.